The van der Waals surface area contributed by atoms with Crippen LogP contribution in [0.3, 0.4) is 0 Å². The lowest BCUT2D eigenvalue weighted by Gasteiger charge is -2.59. The third-order valence-corrected chi connectivity index (χ3v) is 10.8. The molecule has 11 heteroatoms. The summed E-state index contributed by atoms with van der Waals surface area (Å²) in [4.78, 5) is 35.8. The van der Waals surface area contributed by atoms with E-state index in [1.54, 1.807) is 11.1 Å². The zero-order valence-electron chi connectivity index (χ0n) is 28.9. The Kier molecular flexibility index (Phi) is 9.02. The Morgan fingerprint density at radius 2 is 1.92 bits per heavy atom. The van der Waals surface area contributed by atoms with Gasteiger partial charge in [0, 0.05) is 67.9 Å². The number of hydrogen-bond donors (Lipinski definition) is 0. The first-order valence-corrected chi connectivity index (χ1v) is 17.5. The molecule has 2 saturated heterocycles. The number of carbonyl (C=O) groups is 1. The molecular formula is C37H48FN7O3. The van der Waals surface area contributed by atoms with Gasteiger partial charge < -0.3 is 24.2 Å². The number of ether oxygens (including phenoxy) is 2. The summed E-state index contributed by atoms with van der Waals surface area (Å²) in [5.74, 6) is 1.67. The van der Waals surface area contributed by atoms with Gasteiger partial charge in [0.05, 0.1) is 17.5 Å². The van der Waals surface area contributed by atoms with E-state index in [1.807, 2.05) is 27.0 Å². The Morgan fingerprint density at radius 3 is 2.67 bits per heavy atom. The Labute approximate surface area is 283 Å². The number of aromatic nitrogens is 3. The summed E-state index contributed by atoms with van der Waals surface area (Å²) in [6.45, 7) is 10.2. The first kappa shape index (κ1) is 32.7. The van der Waals surface area contributed by atoms with Crippen LogP contribution >= 0.6 is 0 Å². The molecule has 1 spiro atoms. The second kappa shape index (κ2) is 13.2. The topological polar surface area (TPSA) is 87.2 Å². The van der Waals surface area contributed by atoms with E-state index in [4.69, 9.17) is 14.5 Å². The number of benzene rings is 1. The molecule has 3 fully saturated rings. The molecule has 1 aromatic carbocycles. The minimum Gasteiger partial charge on any atom is -0.490 e. The molecule has 4 aliphatic rings. The highest BCUT2D eigenvalue weighted by Gasteiger charge is 2.54. The van der Waals surface area contributed by atoms with Crippen molar-refractivity contribution in [3.05, 3.63) is 65.6 Å². The maximum Gasteiger partial charge on any atom is 0.257 e. The molecule has 1 amide bonds. The number of anilines is 1. The molecule has 10 nitrogen and oxygen atoms in total. The fourth-order valence-corrected chi connectivity index (χ4v) is 8.43. The molecule has 1 saturated carbocycles. The van der Waals surface area contributed by atoms with Gasteiger partial charge in [-0.15, -0.1) is 0 Å². The van der Waals surface area contributed by atoms with Crippen molar-refractivity contribution in [3.8, 4) is 17.2 Å². The van der Waals surface area contributed by atoms with E-state index in [0.29, 0.717) is 30.2 Å². The van der Waals surface area contributed by atoms with Crippen LogP contribution in [0, 0.1) is 11.2 Å². The number of carbonyl (C=O) groups excluding carboxylic acids is 1. The number of hydrogen-bond acceptors (Lipinski definition) is 9. The number of amides is 1. The number of pyridine rings is 1. The molecule has 3 aromatic rings. The summed E-state index contributed by atoms with van der Waals surface area (Å²) in [6.07, 6.45) is 11.8. The van der Waals surface area contributed by atoms with E-state index in [0.717, 1.165) is 51.2 Å². The highest BCUT2D eigenvalue weighted by molar-refractivity contribution is 5.97. The van der Waals surface area contributed by atoms with Crippen molar-refractivity contribution in [3.63, 3.8) is 0 Å². The van der Waals surface area contributed by atoms with Crippen molar-refractivity contribution >= 4 is 11.7 Å². The maximum absolute atomic E-state index is 14.3. The molecule has 3 aliphatic heterocycles. The summed E-state index contributed by atoms with van der Waals surface area (Å²) in [7, 11) is 4.31. The predicted molar refractivity (Wildman–Crippen MR) is 182 cm³/mol. The Bertz CT molecular complexity index is 1640. The van der Waals surface area contributed by atoms with E-state index < -0.39 is 5.82 Å². The predicted octanol–water partition coefficient (Wildman–Crippen LogP) is 5.73. The first-order valence-electron chi connectivity index (χ1n) is 17.5. The van der Waals surface area contributed by atoms with Gasteiger partial charge in [0.25, 0.3) is 5.91 Å². The first-order chi connectivity index (χ1) is 23.1. The van der Waals surface area contributed by atoms with E-state index in [9.17, 15) is 9.18 Å². The van der Waals surface area contributed by atoms with E-state index in [-0.39, 0.29) is 34.8 Å². The lowest BCUT2D eigenvalue weighted by Crippen LogP contribution is -2.65. The van der Waals surface area contributed by atoms with E-state index in [1.165, 1.54) is 55.0 Å². The summed E-state index contributed by atoms with van der Waals surface area (Å²) >= 11 is 0. The average molecular weight is 658 g/mol. The Hall–Kier alpha value is -3.83. The third-order valence-electron chi connectivity index (χ3n) is 10.8. The van der Waals surface area contributed by atoms with E-state index >= 15 is 0 Å². The van der Waals surface area contributed by atoms with Crippen molar-refractivity contribution in [1.29, 1.82) is 0 Å². The van der Waals surface area contributed by atoms with Crippen LogP contribution in [0.2, 0.25) is 0 Å². The summed E-state index contributed by atoms with van der Waals surface area (Å²) in [5.41, 5.74) is 2.89. The molecular weight excluding hydrogens is 609 g/mol. The van der Waals surface area contributed by atoms with Gasteiger partial charge in [0.1, 0.15) is 29.7 Å². The van der Waals surface area contributed by atoms with Gasteiger partial charge in [-0.05, 0) is 97.8 Å². The van der Waals surface area contributed by atoms with Gasteiger partial charge in [0.15, 0.2) is 11.6 Å². The highest BCUT2D eigenvalue weighted by atomic mass is 19.1. The minimum absolute atomic E-state index is 0.0337. The normalized spacial score (nSPS) is 21.5. The van der Waals surface area contributed by atoms with Gasteiger partial charge in [-0.25, -0.2) is 14.4 Å². The molecule has 5 heterocycles. The summed E-state index contributed by atoms with van der Waals surface area (Å²) in [5, 5.41) is 0. The van der Waals surface area contributed by atoms with Crippen molar-refractivity contribution in [1.82, 2.24) is 29.7 Å². The van der Waals surface area contributed by atoms with Crippen LogP contribution in [-0.2, 0) is 6.42 Å². The maximum atomic E-state index is 14.3. The molecule has 48 heavy (non-hydrogen) atoms. The van der Waals surface area contributed by atoms with Crippen molar-refractivity contribution in [2.24, 2.45) is 5.41 Å². The molecule has 1 unspecified atom stereocenters. The molecule has 7 rings (SSSR count). The van der Waals surface area contributed by atoms with Crippen LogP contribution in [0.5, 0.6) is 17.2 Å². The van der Waals surface area contributed by atoms with Gasteiger partial charge in [-0.2, -0.15) is 0 Å². The quantitative estimate of drug-likeness (QED) is 0.257. The van der Waals surface area contributed by atoms with Gasteiger partial charge in [-0.3, -0.25) is 14.7 Å². The SMILES string of the molecule is CCN(C(=O)c1cc(F)ccc1Oc1cncnc1N1CC2(CC(Oc3ccnc4c3[C@@H]3CCC(CCN(C)C)N3CC4)C2)C1)C(C)C. The second-order valence-corrected chi connectivity index (χ2v) is 14.6. The minimum atomic E-state index is -0.487. The molecule has 0 N–H and O–H groups in total. The smallest absolute Gasteiger partial charge is 0.257 e. The lowest BCUT2D eigenvalue weighted by atomic mass is 9.61. The molecule has 2 atom stereocenters. The lowest BCUT2D eigenvalue weighted by molar-refractivity contribution is -0.0356. The average Bonchev–Trinajstić information content (AvgIpc) is 3.45. The second-order valence-electron chi connectivity index (χ2n) is 14.6. The third kappa shape index (κ3) is 6.22. The van der Waals surface area contributed by atoms with Gasteiger partial charge in [0.2, 0.25) is 0 Å². The summed E-state index contributed by atoms with van der Waals surface area (Å²) < 4.78 is 27.3. The largest absolute Gasteiger partial charge is 0.490 e. The van der Waals surface area contributed by atoms with Crippen molar-refractivity contribution < 1.29 is 18.7 Å². The van der Waals surface area contributed by atoms with Crippen molar-refractivity contribution in [2.45, 2.75) is 83.5 Å². The zero-order chi connectivity index (χ0) is 33.6. The van der Waals surface area contributed by atoms with Gasteiger partial charge in [-0.1, -0.05) is 0 Å². The monoisotopic (exact) mass is 657 g/mol. The van der Waals surface area contributed by atoms with Crippen molar-refractivity contribution in [2.75, 3.05) is 51.7 Å². The van der Waals surface area contributed by atoms with Crippen LogP contribution in [-0.4, -0.2) is 101 Å². The molecule has 2 aromatic heterocycles. The van der Waals surface area contributed by atoms with Crippen LogP contribution in [0.1, 0.15) is 80.5 Å². The van der Waals surface area contributed by atoms with Crippen LogP contribution in [0.15, 0.2) is 43.0 Å². The summed E-state index contributed by atoms with van der Waals surface area (Å²) in [6, 6.07) is 7.13. The molecule has 0 radical (unpaired) electrons. The van der Waals surface area contributed by atoms with Gasteiger partial charge >= 0.3 is 0 Å². The number of halogens is 1. The Morgan fingerprint density at radius 1 is 1.10 bits per heavy atom. The number of rotatable bonds is 11. The van der Waals surface area contributed by atoms with Crippen LogP contribution < -0.4 is 14.4 Å². The number of fused-ring (bicyclic) bond motifs is 3. The zero-order valence-corrected chi connectivity index (χ0v) is 28.9. The standard InChI is InChI=1S/C37H48FN7O3/c1-6-44(24(2)3)36(46)28-17-25(38)7-10-31(28)48-33-20-39-23-41-35(33)43-21-37(22-43)18-27(19-37)47-32-11-14-40-29-13-16-45-26(12-15-42(4)5)8-9-30(45)34(29)32/h7,10-11,14,17,20,23-24,26-27,30H,6,8-9,12-13,15-16,18-19,21-22H2,1-5H3/t26?,30-/m0/s1. The Balaban J connectivity index is 0.999. The number of nitrogens with zero attached hydrogens (tertiary/aromatic N) is 7. The fraction of sp³-hybridized carbons (Fsp3) is 0.568. The fourth-order valence-electron chi connectivity index (χ4n) is 8.43. The molecule has 256 valence electrons. The molecule has 1 aliphatic carbocycles. The van der Waals surface area contributed by atoms with Crippen LogP contribution in [0.4, 0.5) is 10.2 Å². The van der Waals surface area contributed by atoms with E-state index in [2.05, 4.69) is 44.8 Å². The highest BCUT2D eigenvalue weighted by Crippen LogP contribution is 2.53. The van der Waals surface area contributed by atoms with Crippen LogP contribution in [0.25, 0.3) is 0 Å². The molecule has 0 bridgehead atoms.